The Morgan fingerprint density at radius 3 is 2.15 bits per heavy atom. The lowest BCUT2D eigenvalue weighted by Gasteiger charge is -2.31. The third-order valence-electron chi connectivity index (χ3n) is 3.83. The minimum atomic E-state index is -1.06. The molecule has 27 heavy (non-hydrogen) atoms. The SMILES string of the molecule is CC(C)(C)OC(=O)N(Cc1ccccc1)[C@@H](Cc1ccc(I)cc1)C(=O)O. The number of aliphatic carboxylic acids is 1. The summed E-state index contributed by atoms with van der Waals surface area (Å²) in [7, 11) is 0. The first kappa shape index (κ1) is 21.2. The van der Waals surface area contributed by atoms with Crippen LogP contribution in [0.4, 0.5) is 4.79 Å². The topological polar surface area (TPSA) is 66.8 Å². The Labute approximate surface area is 173 Å². The third kappa shape index (κ3) is 6.86. The molecule has 0 radical (unpaired) electrons. The standard InChI is InChI=1S/C21H24INO4/c1-21(2,3)27-20(26)23(14-16-7-5-4-6-8-16)18(19(24)25)13-15-9-11-17(22)12-10-15/h4-12,18H,13-14H2,1-3H3,(H,24,25)/t18-/m0/s1. The molecule has 2 aromatic rings. The molecule has 0 aliphatic heterocycles. The van der Waals surface area contributed by atoms with Crippen molar-refractivity contribution >= 4 is 34.7 Å². The van der Waals surface area contributed by atoms with E-state index in [1.807, 2.05) is 54.6 Å². The Morgan fingerprint density at radius 2 is 1.63 bits per heavy atom. The van der Waals surface area contributed by atoms with Crippen LogP contribution in [-0.2, 0) is 22.5 Å². The molecule has 6 heteroatoms. The predicted octanol–water partition coefficient (Wildman–Crippen LogP) is 4.72. The molecule has 0 heterocycles. The minimum absolute atomic E-state index is 0.164. The average molecular weight is 481 g/mol. The summed E-state index contributed by atoms with van der Waals surface area (Å²) >= 11 is 2.20. The number of benzene rings is 2. The first-order chi connectivity index (χ1) is 12.7. The maximum atomic E-state index is 12.8. The molecule has 1 amide bonds. The molecule has 0 fully saturated rings. The summed E-state index contributed by atoms with van der Waals surface area (Å²) in [5.41, 5.74) is 0.986. The van der Waals surface area contributed by atoms with Crippen LogP contribution < -0.4 is 0 Å². The summed E-state index contributed by atoms with van der Waals surface area (Å²) in [5.74, 6) is -1.06. The van der Waals surface area contributed by atoms with Crippen LogP contribution in [0.5, 0.6) is 0 Å². The third-order valence-corrected chi connectivity index (χ3v) is 4.55. The Hall–Kier alpha value is -2.09. The first-order valence-corrected chi connectivity index (χ1v) is 9.74. The highest BCUT2D eigenvalue weighted by Crippen LogP contribution is 2.19. The van der Waals surface area contributed by atoms with Gasteiger partial charge >= 0.3 is 12.1 Å². The van der Waals surface area contributed by atoms with E-state index in [4.69, 9.17) is 4.74 Å². The number of nitrogens with zero attached hydrogens (tertiary/aromatic N) is 1. The highest BCUT2D eigenvalue weighted by molar-refractivity contribution is 14.1. The summed E-state index contributed by atoms with van der Waals surface area (Å²) in [6.45, 7) is 5.46. The number of carboxylic acid groups (broad SMARTS) is 1. The molecule has 144 valence electrons. The van der Waals surface area contributed by atoms with Gasteiger partial charge in [0.05, 0.1) is 0 Å². The van der Waals surface area contributed by atoms with Crippen LogP contribution in [0.2, 0.25) is 0 Å². The Morgan fingerprint density at radius 1 is 1.04 bits per heavy atom. The molecule has 1 atom stereocenters. The number of carbonyl (C=O) groups excluding carboxylic acids is 1. The van der Waals surface area contributed by atoms with Crippen molar-refractivity contribution in [2.24, 2.45) is 0 Å². The number of hydrogen-bond donors (Lipinski definition) is 1. The fraction of sp³-hybridized carbons (Fsp3) is 0.333. The summed E-state index contributed by atoms with van der Waals surface area (Å²) < 4.78 is 6.55. The molecule has 2 rings (SSSR count). The van der Waals surface area contributed by atoms with Crippen LogP contribution in [0.15, 0.2) is 54.6 Å². The summed E-state index contributed by atoms with van der Waals surface area (Å²) in [6.07, 6.45) is -0.428. The number of rotatable bonds is 6. The molecule has 0 unspecified atom stereocenters. The van der Waals surface area contributed by atoms with Crippen molar-refractivity contribution in [3.05, 3.63) is 69.3 Å². The largest absolute Gasteiger partial charge is 0.480 e. The quantitative estimate of drug-likeness (QED) is 0.607. The van der Waals surface area contributed by atoms with E-state index in [2.05, 4.69) is 22.6 Å². The Kier molecular flexibility index (Phi) is 7.24. The highest BCUT2D eigenvalue weighted by Gasteiger charge is 2.33. The van der Waals surface area contributed by atoms with Gasteiger partial charge in [-0.3, -0.25) is 4.90 Å². The van der Waals surface area contributed by atoms with Crippen molar-refractivity contribution in [1.82, 2.24) is 4.90 Å². The smallest absolute Gasteiger partial charge is 0.411 e. The van der Waals surface area contributed by atoms with E-state index in [1.54, 1.807) is 20.8 Å². The van der Waals surface area contributed by atoms with Gasteiger partial charge < -0.3 is 9.84 Å². The van der Waals surface area contributed by atoms with E-state index in [-0.39, 0.29) is 13.0 Å². The molecule has 0 saturated carbocycles. The van der Waals surface area contributed by atoms with E-state index in [1.165, 1.54) is 4.90 Å². The van der Waals surface area contributed by atoms with Crippen LogP contribution in [0.1, 0.15) is 31.9 Å². The van der Waals surface area contributed by atoms with Gasteiger partial charge in [0.2, 0.25) is 0 Å². The van der Waals surface area contributed by atoms with Crippen molar-refractivity contribution in [3.8, 4) is 0 Å². The second-order valence-electron chi connectivity index (χ2n) is 7.28. The summed E-state index contributed by atoms with van der Waals surface area (Å²) in [6, 6.07) is 15.9. The second kappa shape index (κ2) is 9.21. The lowest BCUT2D eigenvalue weighted by Crippen LogP contribution is -2.47. The minimum Gasteiger partial charge on any atom is -0.480 e. The normalized spacial score (nSPS) is 12.3. The van der Waals surface area contributed by atoms with Crippen molar-refractivity contribution in [2.45, 2.75) is 45.4 Å². The fourth-order valence-corrected chi connectivity index (χ4v) is 2.94. The number of halogens is 1. The summed E-state index contributed by atoms with van der Waals surface area (Å²) in [5, 5.41) is 9.83. The monoisotopic (exact) mass is 481 g/mol. The lowest BCUT2D eigenvalue weighted by molar-refractivity contribution is -0.143. The van der Waals surface area contributed by atoms with Gasteiger partial charge in [-0.05, 0) is 66.6 Å². The Balaban J connectivity index is 2.32. The number of hydrogen-bond acceptors (Lipinski definition) is 3. The number of carbonyl (C=O) groups is 2. The van der Waals surface area contributed by atoms with Gasteiger partial charge in [-0.2, -0.15) is 0 Å². The predicted molar refractivity (Wildman–Crippen MR) is 113 cm³/mol. The molecule has 0 bridgehead atoms. The molecule has 0 aliphatic carbocycles. The van der Waals surface area contributed by atoms with Crippen LogP contribution in [-0.4, -0.2) is 33.7 Å². The molecule has 0 saturated heterocycles. The number of ether oxygens (including phenoxy) is 1. The van der Waals surface area contributed by atoms with Crippen molar-refractivity contribution in [1.29, 1.82) is 0 Å². The van der Waals surface area contributed by atoms with Crippen LogP contribution in [0, 0.1) is 3.57 Å². The van der Waals surface area contributed by atoms with E-state index in [0.29, 0.717) is 0 Å². The zero-order valence-corrected chi connectivity index (χ0v) is 17.8. The van der Waals surface area contributed by atoms with Gasteiger partial charge in [-0.1, -0.05) is 42.5 Å². The van der Waals surface area contributed by atoms with Crippen molar-refractivity contribution < 1.29 is 19.4 Å². The van der Waals surface area contributed by atoms with E-state index in [0.717, 1.165) is 14.7 Å². The average Bonchev–Trinajstić information content (AvgIpc) is 2.58. The van der Waals surface area contributed by atoms with Gasteiger partial charge in [-0.25, -0.2) is 9.59 Å². The second-order valence-corrected chi connectivity index (χ2v) is 8.52. The van der Waals surface area contributed by atoms with Crippen molar-refractivity contribution in [3.63, 3.8) is 0 Å². The van der Waals surface area contributed by atoms with Gasteiger partial charge in [0.15, 0.2) is 0 Å². The van der Waals surface area contributed by atoms with E-state index >= 15 is 0 Å². The van der Waals surface area contributed by atoms with Crippen LogP contribution >= 0.6 is 22.6 Å². The van der Waals surface area contributed by atoms with Crippen LogP contribution in [0.25, 0.3) is 0 Å². The molecule has 5 nitrogen and oxygen atoms in total. The van der Waals surface area contributed by atoms with Crippen molar-refractivity contribution in [2.75, 3.05) is 0 Å². The number of amides is 1. The molecular weight excluding hydrogens is 457 g/mol. The van der Waals surface area contributed by atoms with Gasteiger partial charge in [0.1, 0.15) is 11.6 Å². The highest BCUT2D eigenvalue weighted by atomic mass is 127. The van der Waals surface area contributed by atoms with Gasteiger partial charge in [-0.15, -0.1) is 0 Å². The van der Waals surface area contributed by atoms with E-state index in [9.17, 15) is 14.7 Å². The molecule has 0 aromatic heterocycles. The fourth-order valence-electron chi connectivity index (χ4n) is 2.58. The van der Waals surface area contributed by atoms with Gasteiger partial charge in [0, 0.05) is 16.5 Å². The summed E-state index contributed by atoms with van der Waals surface area (Å²) in [4.78, 5) is 26.1. The molecule has 1 N–H and O–H groups in total. The zero-order chi connectivity index (χ0) is 20.0. The maximum Gasteiger partial charge on any atom is 0.411 e. The molecular formula is C21H24INO4. The maximum absolute atomic E-state index is 12.8. The number of carboxylic acids is 1. The van der Waals surface area contributed by atoms with E-state index < -0.39 is 23.7 Å². The molecule has 0 aliphatic rings. The first-order valence-electron chi connectivity index (χ1n) is 8.66. The Bertz CT molecular complexity index is 769. The van der Waals surface area contributed by atoms with Gasteiger partial charge in [0.25, 0.3) is 0 Å². The molecule has 0 spiro atoms. The van der Waals surface area contributed by atoms with Crippen LogP contribution in [0.3, 0.4) is 0 Å². The molecule has 2 aromatic carbocycles. The lowest BCUT2D eigenvalue weighted by atomic mass is 10.0. The zero-order valence-electron chi connectivity index (χ0n) is 15.7.